The molecule has 1 aliphatic rings. The van der Waals surface area contributed by atoms with Gasteiger partial charge in [-0.15, -0.1) is 0 Å². The lowest BCUT2D eigenvalue weighted by molar-refractivity contribution is -0.0361. The SMILES string of the molecule is Cc1ncccc1C(=O)N1CC(CBr)OCC1C. The molecule has 4 nitrogen and oxygen atoms in total. The van der Waals surface area contributed by atoms with E-state index in [0.717, 1.165) is 11.0 Å². The van der Waals surface area contributed by atoms with Crippen molar-refractivity contribution in [1.29, 1.82) is 0 Å². The summed E-state index contributed by atoms with van der Waals surface area (Å²) in [6.07, 6.45) is 1.78. The van der Waals surface area contributed by atoms with Gasteiger partial charge in [0.25, 0.3) is 5.91 Å². The zero-order chi connectivity index (χ0) is 13.1. The summed E-state index contributed by atoms with van der Waals surface area (Å²) < 4.78 is 5.63. The number of aryl methyl sites for hydroxylation is 1. The highest BCUT2D eigenvalue weighted by Crippen LogP contribution is 2.17. The molecule has 2 unspecified atom stereocenters. The molecular formula is C13H17BrN2O2. The molecule has 18 heavy (non-hydrogen) atoms. The zero-order valence-electron chi connectivity index (χ0n) is 10.6. The molecule has 2 heterocycles. The highest BCUT2D eigenvalue weighted by molar-refractivity contribution is 9.09. The van der Waals surface area contributed by atoms with E-state index in [0.29, 0.717) is 18.7 Å². The largest absolute Gasteiger partial charge is 0.373 e. The van der Waals surface area contributed by atoms with Gasteiger partial charge in [-0.3, -0.25) is 9.78 Å². The number of rotatable bonds is 2. The molecule has 0 N–H and O–H groups in total. The predicted molar refractivity (Wildman–Crippen MR) is 73.0 cm³/mol. The van der Waals surface area contributed by atoms with Crippen LogP contribution in [0.2, 0.25) is 0 Å². The number of hydrogen-bond acceptors (Lipinski definition) is 3. The molecule has 2 rings (SSSR count). The third-order valence-electron chi connectivity index (χ3n) is 3.18. The number of ether oxygens (including phenoxy) is 1. The van der Waals surface area contributed by atoms with Crippen LogP contribution in [0.25, 0.3) is 0 Å². The highest BCUT2D eigenvalue weighted by Gasteiger charge is 2.30. The number of hydrogen-bond donors (Lipinski definition) is 0. The Hall–Kier alpha value is -0.940. The molecule has 2 atom stereocenters. The quantitative estimate of drug-likeness (QED) is 0.785. The molecule has 1 saturated heterocycles. The number of amides is 1. The summed E-state index contributed by atoms with van der Waals surface area (Å²) in [5.74, 6) is 0.0438. The molecule has 1 fully saturated rings. The number of carbonyl (C=O) groups is 1. The maximum absolute atomic E-state index is 12.5. The highest BCUT2D eigenvalue weighted by atomic mass is 79.9. The maximum Gasteiger partial charge on any atom is 0.256 e. The molecule has 1 aliphatic heterocycles. The summed E-state index contributed by atoms with van der Waals surface area (Å²) in [6, 6.07) is 3.73. The fourth-order valence-electron chi connectivity index (χ4n) is 2.06. The normalized spacial score (nSPS) is 24.1. The van der Waals surface area contributed by atoms with Crippen molar-refractivity contribution in [3.63, 3.8) is 0 Å². The molecule has 98 valence electrons. The van der Waals surface area contributed by atoms with Crippen molar-refractivity contribution < 1.29 is 9.53 Å². The average Bonchev–Trinajstić information content (AvgIpc) is 2.39. The summed E-state index contributed by atoms with van der Waals surface area (Å²) in [7, 11) is 0. The number of alkyl halides is 1. The fourth-order valence-corrected chi connectivity index (χ4v) is 2.45. The van der Waals surface area contributed by atoms with E-state index in [1.165, 1.54) is 0 Å². The summed E-state index contributed by atoms with van der Waals surface area (Å²) in [5.41, 5.74) is 1.45. The molecule has 1 aromatic rings. The van der Waals surface area contributed by atoms with E-state index in [2.05, 4.69) is 20.9 Å². The van der Waals surface area contributed by atoms with E-state index in [9.17, 15) is 4.79 Å². The Morgan fingerprint density at radius 2 is 2.44 bits per heavy atom. The van der Waals surface area contributed by atoms with E-state index in [-0.39, 0.29) is 18.1 Å². The number of aromatic nitrogens is 1. The van der Waals surface area contributed by atoms with E-state index in [1.54, 1.807) is 12.3 Å². The third kappa shape index (κ3) is 2.72. The topological polar surface area (TPSA) is 42.4 Å². The minimum Gasteiger partial charge on any atom is -0.373 e. The van der Waals surface area contributed by atoms with Gasteiger partial charge < -0.3 is 9.64 Å². The Labute approximate surface area is 115 Å². The van der Waals surface area contributed by atoms with Crippen LogP contribution in [0, 0.1) is 6.92 Å². The van der Waals surface area contributed by atoms with Gasteiger partial charge in [0.2, 0.25) is 0 Å². The molecule has 1 amide bonds. The standard InChI is InChI=1S/C13H17BrN2O2/c1-9-8-18-11(6-14)7-16(9)13(17)12-4-3-5-15-10(12)2/h3-5,9,11H,6-8H2,1-2H3. The first-order chi connectivity index (χ1) is 8.63. The number of pyridine rings is 1. The van der Waals surface area contributed by atoms with Gasteiger partial charge >= 0.3 is 0 Å². The molecule has 5 heteroatoms. The second kappa shape index (κ2) is 5.80. The van der Waals surface area contributed by atoms with E-state index in [1.807, 2.05) is 24.8 Å². The Kier molecular flexibility index (Phi) is 4.35. The van der Waals surface area contributed by atoms with Crippen LogP contribution in [0.4, 0.5) is 0 Å². The molecular weight excluding hydrogens is 296 g/mol. The summed E-state index contributed by atoms with van der Waals surface area (Å²) in [6.45, 7) is 5.08. The van der Waals surface area contributed by atoms with Crippen molar-refractivity contribution in [2.75, 3.05) is 18.5 Å². The lowest BCUT2D eigenvalue weighted by atomic mass is 10.1. The van der Waals surface area contributed by atoms with Crippen molar-refractivity contribution >= 4 is 21.8 Å². The second-order valence-electron chi connectivity index (χ2n) is 4.55. The minimum absolute atomic E-state index is 0.0438. The molecule has 0 aliphatic carbocycles. The minimum atomic E-state index is 0.0438. The monoisotopic (exact) mass is 312 g/mol. The molecule has 0 spiro atoms. The zero-order valence-corrected chi connectivity index (χ0v) is 12.2. The Bertz CT molecular complexity index is 439. The molecule has 0 saturated carbocycles. The van der Waals surface area contributed by atoms with Gasteiger partial charge in [0, 0.05) is 23.8 Å². The summed E-state index contributed by atoms with van der Waals surface area (Å²) >= 11 is 3.40. The third-order valence-corrected chi connectivity index (χ3v) is 3.90. The van der Waals surface area contributed by atoms with Gasteiger partial charge in [0.05, 0.1) is 24.3 Å². The van der Waals surface area contributed by atoms with Crippen LogP contribution in [-0.4, -0.2) is 46.4 Å². The van der Waals surface area contributed by atoms with E-state index < -0.39 is 0 Å². The van der Waals surface area contributed by atoms with Crippen LogP contribution in [0.15, 0.2) is 18.3 Å². The average molecular weight is 313 g/mol. The lowest BCUT2D eigenvalue weighted by Gasteiger charge is -2.37. The Morgan fingerprint density at radius 1 is 1.67 bits per heavy atom. The molecule has 0 aromatic carbocycles. The molecule has 0 radical (unpaired) electrons. The van der Waals surface area contributed by atoms with Crippen LogP contribution in [-0.2, 0) is 4.74 Å². The summed E-state index contributed by atoms with van der Waals surface area (Å²) in [4.78, 5) is 18.6. The first-order valence-electron chi connectivity index (χ1n) is 6.03. The van der Waals surface area contributed by atoms with Crippen molar-refractivity contribution in [3.8, 4) is 0 Å². The summed E-state index contributed by atoms with van der Waals surface area (Å²) in [5, 5.41) is 0.746. The predicted octanol–water partition coefficient (Wildman–Crippen LogP) is 2.01. The van der Waals surface area contributed by atoms with Gasteiger partial charge in [0.15, 0.2) is 0 Å². The van der Waals surface area contributed by atoms with Gasteiger partial charge in [-0.05, 0) is 26.0 Å². The maximum atomic E-state index is 12.5. The van der Waals surface area contributed by atoms with Crippen molar-refractivity contribution in [2.24, 2.45) is 0 Å². The van der Waals surface area contributed by atoms with Crippen molar-refractivity contribution in [2.45, 2.75) is 26.0 Å². The van der Waals surface area contributed by atoms with Crippen molar-refractivity contribution in [3.05, 3.63) is 29.6 Å². The van der Waals surface area contributed by atoms with Gasteiger partial charge in [0.1, 0.15) is 0 Å². The Balaban J connectivity index is 2.19. The van der Waals surface area contributed by atoms with Gasteiger partial charge in [-0.25, -0.2) is 0 Å². The Morgan fingerprint density at radius 3 is 3.11 bits per heavy atom. The molecule has 1 aromatic heterocycles. The molecule has 0 bridgehead atoms. The van der Waals surface area contributed by atoms with E-state index >= 15 is 0 Å². The number of morpholine rings is 1. The van der Waals surface area contributed by atoms with E-state index in [4.69, 9.17) is 4.74 Å². The number of nitrogens with zero attached hydrogens (tertiary/aromatic N) is 2. The van der Waals surface area contributed by atoms with Crippen LogP contribution in [0.5, 0.6) is 0 Å². The van der Waals surface area contributed by atoms with Crippen molar-refractivity contribution in [1.82, 2.24) is 9.88 Å². The van der Waals surface area contributed by atoms with Crippen LogP contribution >= 0.6 is 15.9 Å². The van der Waals surface area contributed by atoms with Crippen LogP contribution in [0.3, 0.4) is 0 Å². The first-order valence-corrected chi connectivity index (χ1v) is 7.15. The van der Waals surface area contributed by atoms with Gasteiger partial charge in [-0.1, -0.05) is 15.9 Å². The first kappa shape index (κ1) is 13.5. The lowest BCUT2D eigenvalue weighted by Crippen LogP contribution is -2.51. The van der Waals surface area contributed by atoms with Crippen LogP contribution < -0.4 is 0 Å². The second-order valence-corrected chi connectivity index (χ2v) is 5.20. The number of halogens is 1. The van der Waals surface area contributed by atoms with Crippen LogP contribution in [0.1, 0.15) is 23.0 Å². The smallest absolute Gasteiger partial charge is 0.256 e. The fraction of sp³-hybridized carbons (Fsp3) is 0.538. The van der Waals surface area contributed by atoms with Gasteiger partial charge in [-0.2, -0.15) is 0 Å². The number of carbonyl (C=O) groups excluding carboxylic acids is 1.